The number of hydrogen-bond acceptors (Lipinski definition) is 1. The molecule has 13 heavy (non-hydrogen) atoms. The summed E-state index contributed by atoms with van der Waals surface area (Å²) in [5.74, 6) is 0. The monoisotopic (exact) mass is 178 g/mol. The molecule has 0 aliphatic heterocycles. The third kappa shape index (κ3) is 2.10. The molecule has 0 bridgehead atoms. The van der Waals surface area contributed by atoms with Gasteiger partial charge in [-0.05, 0) is 38.8 Å². The van der Waals surface area contributed by atoms with Gasteiger partial charge in [-0.1, -0.05) is 23.8 Å². The molecule has 1 heteroatoms. The topological polar surface area (TPSA) is 9.23 Å². The van der Waals surface area contributed by atoms with Crippen molar-refractivity contribution in [1.29, 1.82) is 0 Å². The van der Waals surface area contributed by atoms with E-state index in [0.29, 0.717) is 0 Å². The van der Waals surface area contributed by atoms with E-state index in [-0.39, 0.29) is 5.60 Å². The molecule has 0 heterocycles. The van der Waals surface area contributed by atoms with Gasteiger partial charge < -0.3 is 4.74 Å². The highest BCUT2D eigenvalue weighted by molar-refractivity contribution is 5.34. The van der Waals surface area contributed by atoms with Gasteiger partial charge in [0.2, 0.25) is 0 Å². The van der Waals surface area contributed by atoms with Crippen LogP contribution in [0.15, 0.2) is 18.2 Å². The van der Waals surface area contributed by atoms with Crippen molar-refractivity contribution in [3.63, 3.8) is 0 Å². The number of aryl methyl sites for hydroxylation is 2. The van der Waals surface area contributed by atoms with Crippen LogP contribution < -0.4 is 0 Å². The Morgan fingerprint density at radius 3 is 2.23 bits per heavy atom. The van der Waals surface area contributed by atoms with Gasteiger partial charge in [0.05, 0.1) is 5.60 Å². The fraction of sp³-hybridized carbons (Fsp3) is 0.500. The fourth-order valence-corrected chi connectivity index (χ4v) is 1.60. The van der Waals surface area contributed by atoms with Crippen molar-refractivity contribution in [1.82, 2.24) is 0 Å². The lowest BCUT2D eigenvalue weighted by atomic mass is 9.92. The normalized spacial score (nSPS) is 11.8. The molecule has 0 saturated heterocycles. The van der Waals surface area contributed by atoms with E-state index in [2.05, 4.69) is 45.9 Å². The van der Waals surface area contributed by atoms with Gasteiger partial charge in [0.15, 0.2) is 0 Å². The minimum atomic E-state index is -0.183. The lowest BCUT2D eigenvalue weighted by Crippen LogP contribution is -2.20. The molecule has 1 aromatic carbocycles. The Labute approximate surface area is 80.7 Å². The number of hydrogen-bond donors (Lipinski definition) is 0. The van der Waals surface area contributed by atoms with Crippen LogP contribution in [-0.2, 0) is 10.3 Å². The van der Waals surface area contributed by atoms with Crippen LogP contribution in [-0.4, -0.2) is 7.11 Å². The molecule has 0 atom stereocenters. The molecular formula is C12H18O. The smallest absolute Gasteiger partial charge is 0.0874 e. The molecule has 0 saturated carbocycles. The van der Waals surface area contributed by atoms with E-state index in [0.717, 1.165) is 0 Å². The summed E-state index contributed by atoms with van der Waals surface area (Å²) in [4.78, 5) is 0. The van der Waals surface area contributed by atoms with Crippen LogP contribution in [0.4, 0.5) is 0 Å². The van der Waals surface area contributed by atoms with Crippen LogP contribution in [0.1, 0.15) is 30.5 Å². The van der Waals surface area contributed by atoms with Crippen molar-refractivity contribution in [3.05, 3.63) is 34.9 Å². The van der Waals surface area contributed by atoms with E-state index in [4.69, 9.17) is 4.74 Å². The van der Waals surface area contributed by atoms with Crippen LogP contribution in [0.2, 0.25) is 0 Å². The maximum absolute atomic E-state index is 5.44. The molecule has 1 nitrogen and oxygen atoms in total. The number of benzene rings is 1. The minimum Gasteiger partial charge on any atom is -0.374 e. The van der Waals surface area contributed by atoms with Crippen molar-refractivity contribution in [2.75, 3.05) is 7.11 Å². The lowest BCUT2D eigenvalue weighted by Gasteiger charge is -2.25. The van der Waals surface area contributed by atoms with E-state index in [1.807, 2.05) is 0 Å². The molecule has 0 aliphatic carbocycles. The third-order valence-corrected chi connectivity index (χ3v) is 2.54. The molecule has 0 unspecified atom stereocenters. The molecule has 0 spiro atoms. The highest BCUT2D eigenvalue weighted by atomic mass is 16.5. The highest BCUT2D eigenvalue weighted by Gasteiger charge is 2.20. The average Bonchev–Trinajstić information content (AvgIpc) is 2.03. The third-order valence-electron chi connectivity index (χ3n) is 2.54. The van der Waals surface area contributed by atoms with Gasteiger partial charge >= 0.3 is 0 Å². The van der Waals surface area contributed by atoms with Gasteiger partial charge in [0.25, 0.3) is 0 Å². The highest BCUT2D eigenvalue weighted by Crippen LogP contribution is 2.27. The molecule has 0 radical (unpaired) electrons. The number of methoxy groups -OCH3 is 1. The Morgan fingerprint density at radius 2 is 1.77 bits per heavy atom. The van der Waals surface area contributed by atoms with Crippen LogP contribution in [0.3, 0.4) is 0 Å². The van der Waals surface area contributed by atoms with Crippen molar-refractivity contribution in [2.45, 2.75) is 33.3 Å². The first-order chi connectivity index (χ1) is 5.97. The Balaban J connectivity index is 3.16. The van der Waals surface area contributed by atoms with Crippen molar-refractivity contribution in [3.8, 4) is 0 Å². The molecule has 0 fully saturated rings. The standard InChI is InChI=1S/C12H18O/c1-9-6-7-11(10(2)8-9)12(3,4)13-5/h6-8H,1-5H3. The summed E-state index contributed by atoms with van der Waals surface area (Å²) in [5.41, 5.74) is 3.68. The molecule has 0 aromatic heterocycles. The molecule has 1 rings (SSSR count). The first-order valence-corrected chi connectivity index (χ1v) is 4.60. The van der Waals surface area contributed by atoms with Crippen LogP contribution in [0.25, 0.3) is 0 Å². The van der Waals surface area contributed by atoms with E-state index in [1.165, 1.54) is 16.7 Å². The van der Waals surface area contributed by atoms with E-state index >= 15 is 0 Å². The minimum absolute atomic E-state index is 0.183. The second-order valence-corrected chi connectivity index (χ2v) is 4.03. The van der Waals surface area contributed by atoms with Crippen molar-refractivity contribution in [2.24, 2.45) is 0 Å². The van der Waals surface area contributed by atoms with Gasteiger partial charge in [0, 0.05) is 7.11 Å². The van der Waals surface area contributed by atoms with Gasteiger partial charge in [0.1, 0.15) is 0 Å². The zero-order valence-electron chi connectivity index (χ0n) is 9.14. The molecular weight excluding hydrogens is 160 g/mol. The molecule has 0 amide bonds. The second-order valence-electron chi connectivity index (χ2n) is 4.03. The van der Waals surface area contributed by atoms with Crippen LogP contribution in [0, 0.1) is 13.8 Å². The largest absolute Gasteiger partial charge is 0.374 e. The fourth-order valence-electron chi connectivity index (χ4n) is 1.60. The maximum atomic E-state index is 5.44. The zero-order chi connectivity index (χ0) is 10.1. The number of rotatable bonds is 2. The summed E-state index contributed by atoms with van der Waals surface area (Å²) in [6, 6.07) is 6.47. The van der Waals surface area contributed by atoms with Gasteiger partial charge in [-0.25, -0.2) is 0 Å². The van der Waals surface area contributed by atoms with E-state index in [1.54, 1.807) is 7.11 Å². The Hall–Kier alpha value is -0.820. The molecule has 72 valence electrons. The SMILES string of the molecule is COC(C)(C)c1ccc(C)cc1C. The summed E-state index contributed by atoms with van der Waals surface area (Å²) in [6.07, 6.45) is 0. The molecule has 1 aromatic rings. The van der Waals surface area contributed by atoms with Crippen LogP contribution >= 0.6 is 0 Å². The van der Waals surface area contributed by atoms with Crippen molar-refractivity contribution < 1.29 is 4.74 Å². The summed E-state index contributed by atoms with van der Waals surface area (Å²) >= 11 is 0. The van der Waals surface area contributed by atoms with Crippen molar-refractivity contribution >= 4 is 0 Å². The first kappa shape index (κ1) is 10.3. The Morgan fingerprint density at radius 1 is 1.15 bits per heavy atom. The first-order valence-electron chi connectivity index (χ1n) is 4.60. The zero-order valence-corrected chi connectivity index (χ0v) is 9.14. The molecule has 0 aliphatic rings. The average molecular weight is 178 g/mol. The predicted octanol–water partition coefficient (Wildman–Crippen LogP) is 3.18. The summed E-state index contributed by atoms with van der Waals surface area (Å²) in [6.45, 7) is 8.41. The summed E-state index contributed by atoms with van der Waals surface area (Å²) in [7, 11) is 1.75. The van der Waals surface area contributed by atoms with Gasteiger partial charge in [-0.15, -0.1) is 0 Å². The van der Waals surface area contributed by atoms with E-state index in [9.17, 15) is 0 Å². The van der Waals surface area contributed by atoms with Gasteiger partial charge in [-0.2, -0.15) is 0 Å². The van der Waals surface area contributed by atoms with E-state index < -0.39 is 0 Å². The summed E-state index contributed by atoms with van der Waals surface area (Å²) in [5, 5.41) is 0. The second kappa shape index (κ2) is 3.51. The Kier molecular flexibility index (Phi) is 2.77. The lowest BCUT2D eigenvalue weighted by molar-refractivity contribution is 0.0187. The molecule has 0 N–H and O–H groups in total. The van der Waals surface area contributed by atoms with Crippen LogP contribution in [0.5, 0.6) is 0 Å². The quantitative estimate of drug-likeness (QED) is 0.675. The number of ether oxygens (including phenoxy) is 1. The maximum Gasteiger partial charge on any atom is 0.0874 e. The Bertz CT molecular complexity index is 300. The predicted molar refractivity (Wildman–Crippen MR) is 56.0 cm³/mol. The summed E-state index contributed by atoms with van der Waals surface area (Å²) < 4.78 is 5.44. The van der Waals surface area contributed by atoms with Gasteiger partial charge in [-0.3, -0.25) is 0 Å².